The van der Waals surface area contributed by atoms with Crippen LogP contribution in [0.3, 0.4) is 0 Å². The molecule has 1 N–H and O–H groups in total. The van der Waals surface area contributed by atoms with Gasteiger partial charge in [0.25, 0.3) is 0 Å². The number of carbonyl (C=O) groups excluding carboxylic acids is 1. The van der Waals surface area contributed by atoms with Gasteiger partial charge in [-0.25, -0.2) is 4.79 Å². The average molecular weight is 472 g/mol. The molecule has 3 heteroatoms. The van der Waals surface area contributed by atoms with Crippen LogP contribution in [0.1, 0.15) is 119 Å². The highest BCUT2D eigenvalue weighted by molar-refractivity contribution is 5.67. The number of alkyl carbamates (subject to hydrolysis) is 1. The van der Waals surface area contributed by atoms with E-state index in [9.17, 15) is 4.79 Å². The van der Waals surface area contributed by atoms with Crippen LogP contribution in [0.4, 0.5) is 4.79 Å². The maximum atomic E-state index is 12.1. The summed E-state index contributed by atoms with van der Waals surface area (Å²) >= 11 is 0. The lowest BCUT2D eigenvalue weighted by atomic mass is 9.47. The Kier molecular flexibility index (Phi) is 8.10. The van der Waals surface area contributed by atoms with Crippen molar-refractivity contribution in [1.82, 2.24) is 5.32 Å². The van der Waals surface area contributed by atoms with Crippen molar-refractivity contribution in [2.24, 2.45) is 46.3 Å². The first kappa shape index (κ1) is 26.1. The minimum atomic E-state index is -0.224. The second-order valence-electron chi connectivity index (χ2n) is 13.5. The molecular formula is C31H53NO2. The molecule has 3 fully saturated rings. The zero-order chi connectivity index (χ0) is 24.5. The summed E-state index contributed by atoms with van der Waals surface area (Å²) in [5.74, 6) is 5.25. The van der Waals surface area contributed by atoms with Gasteiger partial charge in [-0.3, -0.25) is 0 Å². The lowest BCUT2D eigenvalue weighted by Crippen LogP contribution is -2.51. The first-order chi connectivity index (χ1) is 16.2. The normalized spacial score (nSPS) is 40.1. The number of rotatable bonds is 8. The van der Waals surface area contributed by atoms with Crippen LogP contribution >= 0.6 is 0 Å². The van der Waals surface area contributed by atoms with Crippen LogP contribution in [0.5, 0.6) is 0 Å². The molecule has 8 atom stereocenters. The summed E-state index contributed by atoms with van der Waals surface area (Å²) in [4.78, 5) is 12.1. The highest BCUT2D eigenvalue weighted by Crippen LogP contribution is 2.67. The Morgan fingerprint density at radius 1 is 1.09 bits per heavy atom. The van der Waals surface area contributed by atoms with Gasteiger partial charge in [-0.05, 0) is 97.7 Å². The Labute approximate surface area is 210 Å². The molecule has 0 saturated heterocycles. The molecule has 0 aromatic carbocycles. The Balaban J connectivity index is 1.41. The van der Waals surface area contributed by atoms with E-state index >= 15 is 0 Å². The van der Waals surface area contributed by atoms with Crippen molar-refractivity contribution in [3.63, 3.8) is 0 Å². The fraction of sp³-hybridized carbons (Fsp3) is 0.903. The summed E-state index contributed by atoms with van der Waals surface area (Å²) in [5.41, 5.74) is 2.48. The van der Waals surface area contributed by atoms with Crippen LogP contribution in [-0.4, -0.2) is 18.7 Å². The van der Waals surface area contributed by atoms with E-state index in [0.29, 0.717) is 17.4 Å². The van der Waals surface area contributed by atoms with E-state index in [1.54, 1.807) is 5.57 Å². The molecule has 0 aliphatic heterocycles. The fourth-order valence-electron chi connectivity index (χ4n) is 9.17. The fourth-order valence-corrected chi connectivity index (χ4v) is 9.17. The third-order valence-electron chi connectivity index (χ3n) is 11.1. The lowest BCUT2D eigenvalue weighted by Gasteiger charge is -2.58. The summed E-state index contributed by atoms with van der Waals surface area (Å²) in [6, 6.07) is 0. The number of ether oxygens (including phenoxy) is 1. The summed E-state index contributed by atoms with van der Waals surface area (Å²) in [5, 5.41) is 2.89. The van der Waals surface area contributed by atoms with Crippen molar-refractivity contribution in [2.75, 3.05) is 6.54 Å². The third-order valence-corrected chi connectivity index (χ3v) is 11.1. The molecule has 0 heterocycles. The van der Waals surface area contributed by atoms with Crippen molar-refractivity contribution in [3.8, 4) is 0 Å². The smallest absolute Gasteiger partial charge is 0.407 e. The predicted molar refractivity (Wildman–Crippen MR) is 142 cm³/mol. The van der Waals surface area contributed by atoms with Crippen LogP contribution < -0.4 is 5.32 Å². The van der Waals surface area contributed by atoms with Gasteiger partial charge in [-0.2, -0.15) is 0 Å². The van der Waals surface area contributed by atoms with Crippen LogP contribution in [0.2, 0.25) is 0 Å². The van der Waals surface area contributed by atoms with E-state index in [-0.39, 0.29) is 12.2 Å². The molecule has 0 aromatic rings. The maximum absolute atomic E-state index is 12.1. The van der Waals surface area contributed by atoms with Gasteiger partial charge < -0.3 is 10.1 Å². The first-order valence-electron chi connectivity index (χ1n) is 14.8. The largest absolute Gasteiger partial charge is 0.446 e. The molecule has 0 bridgehead atoms. The molecule has 34 heavy (non-hydrogen) atoms. The summed E-state index contributed by atoms with van der Waals surface area (Å²) in [6.45, 7) is 15.3. The Morgan fingerprint density at radius 3 is 2.62 bits per heavy atom. The minimum absolute atomic E-state index is 0.0594. The Bertz CT molecular complexity index is 744. The monoisotopic (exact) mass is 471 g/mol. The van der Waals surface area contributed by atoms with E-state index in [4.69, 9.17) is 4.74 Å². The zero-order valence-electron chi connectivity index (χ0n) is 23.1. The number of hydrogen-bond acceptors (Lipinski definition) is 2. The molecule has 3 nitrogen and oxygen atoms in total. The number of hydrogen-bond donors (Lipinski definition) is 1. The molecule has 0 radical (unpaired) electrons. The number of carbonyl (C=O) groups is 1. The summed E-state index contributed by atoms with van der Waals surface area (Å²) in [7, 11) is 0. The SMILES string of the molecule is CCCNC(=O)O[C@@H]1CC[C@]2(C)C(=CCC3C4CCC(C(C)CCCC(C)C)[C@]4(C)CCC32)C1. The van der Waals surface area contributed by atoms with E-state index in [1.807, 2.05) is 0 Å². The number of amides is 1. The van der Waals surface area contributed by atoms with Gasteiger partial charge in [0.15, 0.2) is 0 Å². The second kappa shape index (κ2) is 10.6. The molecular weight excluding hydrogens is 418 g/mol. The van der Waals surface area contributed by atoms with E-state index in [1.165, 1.54) is 57.8 Å². The second-order valence-corrected chi connectivity index (χ2v) is 13.5. The number of allylic oxidation sites excluding steroid dienone is 1. The average Bonchev–Trinajstić information content (AvgIpc) is 3.15. The summed E-state index contributed by atoms with van der Waals surface area (Å²) < 4.78 is 5.81. The van der Waals surface area contributed by atoms with Crippen LogP contribution in [-0.2, 0) is 4.74 Å². The van der Waals surface area contributed by atoms with Crippen LogP contribution in [0, 0.1) is 46.3 Å². The van der Waals surface area contributed by atoms with Gasteiger partial charge in [-0.15, -0.1) is 0 Å². The van der Waals surface area contributed by atoms with Crippen LogP contribution in [0.15, 0.2) is 11.6 Å². The summed E-state index contributed by atoms with van der Waals surface area (Å²) in [6.07, 6.45) is 17.8. The van der Waals surface area contributed by atoms with Crippen molar-refractivity contribution >= 4 is 6.09 Å². The molecule has 4 rings (SSSR count). The standard InChI is InChI=1S/C31H53NO2/c1-7-19-32-29(33)34-24-15-17-30(5)23(20-24)11-12-25-27-14-13-26(22(4)10-8-9-21(2)3)31(27,6)18-16-28(25)30/h11,21-22,24-28H,7-10,12-20H2,1-6H3,(H,32,33)/t22?,24-,25?,26?,27?,28?,30-,31+/m1/s1. The molecule has 4 aliphatic rings. The van der Waals surface area contributed by atoms with Crippen molar-refractivity contribution < 1.29 is 9.53 Å². The Morgan fingerprint density at radius 2 is 1.88 bits per heavy atom. The molecule has 5 unspecified atom stereocenters. The van der Waals surface area contributed by atoms with Crippen molar-refractivity contribution in [2.45, 2.75) is 125 Å². The van der Waals surface area contributed by atoms with E-state index in [0.717, 1.165) is 54.8 Å². The highest BCUT2D eigenvalue weighted by Gasteiger charge is 2.59. The zero-order valence-corrected chi connectivity index (χ0v) is 23.1. The predicted octanol–water partition coefficient (Wildman–Crippen LogP) is 8.53. The van der Waals surface area contributed by atoms with Gasteiger partial charge in [0.05, 0.1) is 0 Å². The molecule has 1 amide bonds. The molecule has 0 spiro atoms. The van der Waals surface area contributed by atoms with Crippen molar-refractivity contribution in [1.29, 1.82) is 0 Å². The van der Waals surface area contributed by atoms with E-state index in [2.05, 4.69) is 52.9 Å². The minimum Gasteiger partial charge on any atom is -0.446 e. The van der Waals surface area contributed by atoms with Crippen LogP contribution in [0.25, 0.3) is 0 Å². The Hall–Kier alpha value is -0.990. The number of nitrogens with one attached hydrogen (secondary N) is 1. The third kappa shape index (κ3) is 4.96. The quantitative estimate of drug-likeness (QED) is 0.360. The highest BCUT2D eigenvalue weighted by atomic mass is 16.6. The molecule has 3 saturated carbocycles. The molecule has 4 aliphatic carbocycles. The first-order valence-corrected chi connectivity index (χ1v) is 14.8. The van der Waals surface area contributed by atoms with Gasteiger partial charge in [-0.1, -0.05) is 72.5 Å². The van der Waals surface area contributed by atoms with Gasteiger partial charge >= 0.3 is 6.09 Å². The molecule has 194 valence electrons. The maximum Gasteiger partial charge on any atom is 0.407 e. The molecule has 0 aromatic heterocycles. The van der Waals surface area contributed by atoms with E-state index < -0.39 is 0 Å². The topological polar surface area (TPSA) is 38.3 Å². The van der Waals surface area contributed by atoms with Gasteiger partial charge in [0.2, 0.25) is 0 Å². The number of fused-ring (bicyclic) bond motifs is 5. The van der Waals surface area contributed by atoms with Crippen molar-refractivity contribution in [3.05, 3.63) is 11.6 Å². The lowest BCUT2D eigenvalue weighted by molar-refractivity contribution is -0.0581. The van der Waals surface area contributed by atoms with Gasteiger partial charge in [0.1, 0.15) is 6.10 Å². The van der Waals surface area contributed by atoms with Gasteiger partial charge in [0, 0.05) is 13.0 Å².